The summed E-state index contributed by atoms with van der Waals surface area (Å²) in [5.41, 5.74) is 4.68. The molecule has 1 aromatic heterocycles. The predicted octanol–water partition coefficient (Wildman–Crippen LogP) is 3.30. The van der Waals surface area contributed by atoms with E-state index in [0.717, 1.165) is 12.1 Å². The molecule has 0 amide bonds. The molecule has 0 radical (unpaired) electrons. The van der Waals surface area contributed by atoms with Gasteiger partial charge in [-0.1, -0.05) is 0 Å². The minimum Gasteiger partial charge on any atom is -0.396 e. The highest BCUT2D eigenvalue weighted by Gasteiger charge is 2.33. The van der Waals surface area contributed by atoms with Crippen LogP contribution in [0.4, 0.5) is 30.4 Å². The summed E-state index contributed by atoms with van der Waals surface area (Å²) in [7, 11) is 0. The highest BCUT2D eigenvalue weighted by Crippen LogP contribution is 2.34. The first kappa shape index (κ1) is 13.7. The number of aromatic nitrogens is 1. The molecule has 4 nitrogen and oxygen atoms in total. The van der Waals surface area contributed by atoms with E-state index in [4.69, 9.17) is 11.0 Å². The highest BCUT2D eigenvalue weighted by molar-refractivity contribution is 5.69. The number of rotatable bonds is 2. The maximum absolute atomic E-state index is 12.8. The highest BCUT2D eigenvalue weighted by atomic mass is 19.4. The molecule has 0 bridgehead atoms. The van der Waals surface area contributed by atoms with Crippen molar-refractivity contribution in [3.63, 3.8) is 0 Å². The van der Waals surface area contributed by atoms with Crippen LogP contribution in [0.25, 0.3) is 0 Å². The van der Waals surface area contributed by atoms with Crippen LogP contribution in [0, 0.1) is 11.3 Å². The molecule has 102 valence electrons. The molecule has 0 saturated carbocycles. The minimum atomic E-state index is -4.60. The number of hydrogen-bond acceptors (Lipinski definition) is 4. The van der Waals surface area contributed by atoms with Crippen LogP contribution < -0.4 is 11.1 Å². The number of nitrogens with one attached hydrogen (secondary N) is 1. The predicted molar refractivity (Wildman–Crippen MR) is 68.1 cm³/mol. The van der Waals surface area contributed by atoms with Crippen LogP contribution in [0.3, 0.4) is 0 Å². The van der Waals surface area contributed by atoms with Gasteiger partial charge in [0.15, 0.2) is 5.82 Å². The van der Waals surface area contributed by atoms with Gasteiger partial charge in [-0.2, -0.15) is 18.4 Å². The minimum absolute atomic E-state index is 0.154. The molecule has 3 N–H and O–H groups in total. The van der Waals surface area contributed by atoms with Gasteiger partial charge in [0.05, 0.1) is 22.9 Å². The summed E-state index contributed by atoms with van der Waals surface area (Å²) >= 11 is 0. The summed E-state index contributed by atoms with van der Waals surface area (Å²) in [6.45, 7) is 0. The van der Waals surface area contributed by atoms with E-state index in [9.17, 15) is 13.2 Å². The van der Waals surface area contributed by atoms with E-state index in [1.807, 2.05) is 0 Å². The molecular weight excluding hydrogens is 269 g/mol. The first-order valence-electron chi connectivity index (χ1n) is 5.50. The second-order valence-corrected chi connectivity index (χ2v) is 3.94. The average Bonchev–Trinajstić information content (AvgIpc) is 2.40. The molecule has 2 aromatic rings. The Balaban J connectivity index is 2.40. The molecule has 1 aromatic carbocycles. The zero-order valence-electron chi connectivity index (χ0n) is 10.1. The van der Waals surface area contributed by atoms with Gasteiger partial charge in [0, 0.05) is 11.9 Å². The number of hydrogen-bond donors (Lipinski definition) is 2. The molecular formula is C13H9F3N4. The first-order valence-corrected chi connectivity index (χ1v) is 5.50. The monoisotopic (exact) mass is 278 g/mol. The van der Waals surface area contributed by atoms with Gasteiger partial charge >= 0.3 is 6.18 Å². The Morgan fingerprint density at radius 1 is 1.25 bits per heavy atom. The number of nitrogen functional groups attached to an aromatic ring is 1. The number of pyridine rings is 1. The van der Waals surface area contributed by atoms with Crippen molar-refractivity contribution >= 4 is 17.2 Å². The van der Waals surface area contributed by atoms with E-state index in [1.165, 1.54) is 18.3 Å². The van der Waals surface area contributed by atoms with Crippen LogP contribution >= 0.6 is 0 Å². The van der Waals surface area contributed by atoms with Crippen molar-refractivity contribution in [3.05, 3.63) is 47.7 Å². The van der Waals surface area contributed by atoms with Gasteiger partial charge < -0.3 is 11.1 Å². The summed E-state index contributed by atoms with van der Waals surface area (Å²) in [5, 5.41) is 11.4. The van der Waals surface area contributed by atoms with Gasteiger partial charge in [0.25, 0.3) is 0 Å². The Hall–Kier alpha value is -2.75. The largest absolute Gasteiger partial charge is 0.417 e. The Labute approximate surface area is 112 Å². The Morgan fingerprint density at radius 3 is 2.60 bits per heavy atom. The Morgan fingerprint density at radius 2 is 2.00 bits per heavy atom. The quantitative estimate of drug-likeness (QED) is 0.883. The molecule has 2 rings (SSSR count). The van der Waals surface area contributed by atoms with E-state index >= 15 is 0 Å². The third-order valence-electron chi connectivity index (χ3n) is 2.55. The first-order chi connectivity index (χ1) is 9.41. The van der Waals surface area contributed by atoms with Crippen molar-refractivity contribution in [2.75, 3.05) is 11.1 Å². The van der Waals surface area contributed by atoms with Crippen molar-refractivity contribution < 1.29 is 13.2 Å². The molecule has 0 atom stereocenters. The number of benzene rings is 1. The normalized spacial score (nSPS) is 10.9. The van der Waals surface area contributed by atoms with Crippen LogP contribution in [0.1, 0.15) is 11.1 Å². The maximum atomic E-state index is 12.8. The average molecular weight is 278 g/mol. The van der Waals surface area contributed by atoms with Gasteiger partial charge in [-0.05, 0) is 30.3 Å². The number of nitrogens with two attached hydrogens (primary N) is 1. The van der Waals surface area contributed by atoms with Crippen molar-refractivity contribution in [3.8, 4) is 6.07 Å². The maximum Gasteiger partial charge on any atom is 0.417 e. The summed E-state index contributed by atoms with van der Waals surface area (Å²) in [6, 6.07) is 8.02. The lowest BCUT2D eigenvalue weighted by molar-refractivity contribution is -0.137. The van der Waals surface area contributed by atoms with Crippen molar-refractivity contribution in [1.82, 2.24) is 4.98 Å². The van der Waals surface area contributed by atoms with Crippen molar-refractivity contribution in [2.24, 2.45) is 0 Å². The topological polar surface area (TPSA) is 74.7 Å². The fraction of sp³-hybridized carbons (Fsp3) is 0.0769. The van der Waals surface area contributed by atoms with Crippen molar-refractivity contribution in [2.45, 2.75) is 6.18 Å². The zero-order valence-corrected chi connectivity index (χ0v) is 10.1. The lowest BCUT2D eigenvalue weighted by atomic mass is 10.1. The van der Waals surface area contributed by atoms with Crippen LogP contribution in [0.2, 0.25) is 0 Å². The lowest BCUT2D eigenvalue weighted by Gasteiger charge is -2.12. The van der Waals surface area contributed by atoms with Crippen LogP contribution in [-0.4, -0.2) is 4.98 Å². The van der Waals surface area contributed by atoms with Gasteiger partial charge in [-0.15, -0.1) is 0 Å². The summed E-state index contributed by atoms with van der Waals surface area (Å²) < 4.78 is 38.4. The molecule has 0 fully saturated rings. The summed E-state index contributed by atoms with van der Waals surface area (Å²) in [5.74, 6) is 0.255. The molecule has 0 spiro atoms. The number of nitrogens with zero attached hydrogens (tertiary/aromatic N) is 2. The molecule has 1 heterocycles. The SMILES string of the molecule is N#Cc1ccc(Nc2ncccc2N)cc1C(F)(F)F. The second kappa shape index (κ2) is 5.09. The molecule has 0 saturated heterocycles. The molecule has 0 aliphatic rings. The number of anilines is 3. The second-order valence-electron chi connectivity index (χ2n) is 3.94. The molecule has 0 aliphatic heterocycles. The zero-order chi connectivity index (χ0) is 14.8. The van der Waals surface area contributed by atoms with Crippen molar-refractivity contribution in [1.29, 1.82) is 5.26 Å². The summed E-state index contributed by atoms with van der Waals surface area (Å²) in [6.07, 6.45) is -3.13. The van der Waals surface area contributed by atoms with Gasteiger partial charge in [0.1, 0.15) is 0 Å². The smallest absolute Gasteiger partial charge is 0.396 e. The fourth-order valence-corrected chi connectivity index (χ4v) is 1.61. The van der Waals surface area contributed by atoms with E-state index in [0.29, 0.717) is 5.69 Å². The third-order valence-corrected chi connectivity index (χ3v) is 2.55. The van der Waals surface area contributed by atoms with E-state index in [-0.39, 0.29) is 11.5 Å². The van der Waals surface area contributed by atoms with Gasteiger partial charge in [-0.25, -0.2) is 4.98 Å². The van der Waals surface area contributed by atoms with E-state index < -0.39 is 17.3 Å². The fourth-order valence-electron chi connectivity index (χ4n) is 1.61. The van der Waals surface area contributed by atoms with Gasteiger partial charge in [-0.3, -0.25) is 0 Å². The Kier molecular flexibility index (Phi) is 3.48. The molecule has 20 heavy (non-hydrogen) atoms. The molecule has 7 heteroatoms. The number of halogens is 3. The molecule has 0 aliphatic carbocycles. The third kappa shape index (κ3) is 2.80. The Bertz CT molecular complexity index is 674. The van der Waals surface area contributed by atoms with Crippen LogP contribution in [0.15, 0.2) is 36.5 Å². The number of nitriles is 1. The van der Waals surface area contributed by atoms with E-state index in [2.05, 4.69) is 10.3 Å². The standard InChI is InChI=1S/C13H9F3N4/c14-13(15,16)10-6-9(4-3-8(10)7-17)20-12-11(18)2-1-5-19-12/h1-6H,18H2,(H,19,20). The van der Waals surface area contributed by atoms with Crippen LogP contribution in [-0.2, 0) is 6.18 Å². The summed E-state index contributed by atoms with van der Waals surface area (Å²) in [4.78, 5) is 3.93. The lowest BCUT2D eigenvalue weighted by Crippen LogP contribution is -2.09. The van der Waals surface area contributed by atoms with Crippen LogP contribution in [0.5, 0.6) is 0 Å². The molecule has 0 unspecified atom stereocenters. The van der Waals surface area contributed by atoms with Gasteiger partial charge in [0.2, 0.25) is 0 Å². The number of alkyl halides is 3. The van der Waals surface area contributed by atoms with E-state index in [1.54, 1.807) is 12.1 Å².